The first-order valence-electron chi connectivity index (χ1n) is 9.31. The molecule has 146 valence electrons. The highest BCUT2D eigenvalue weighted by Crippen LogP contribution is 2.39. The van der Waals surface area contributed by atoms with Crippen LogP contribution in [0.1, 0.15) is 60.3 Å². The summed E-state index contributed by atoms with van der Waals surface area (Å²) in [5, 5.41) is 12.0. The highest BCUT2D eigenvalue weighted by Gasteiger charge is 2.27. The zero-order chi connectivity index (χ0) is 19.4. The molecular weight excluding hydrogens is 382 g/mol. The molecule has 2 aromatic rings. The maximum absolute atomic E-state index is 12.7. The third kappa shape index (κ3) is 4.52. The van der Waals surface area contributed by atoms with Crippen LogP contribution in [-0.4, -0.2) is 31.8 Å². The summed E-state index contributed by atoms with van der Waals surface area (Å²) in [6.07, 6.45) is 7.90. The monoisotopic (exact) mass is 407 g/mol. The fourth-order valence-corrected chi connectivity index (χ4v) is 5.35. The highest BCUT2D eigenvalue weighted by molar-refractivity contribution is 8.00. The van der Waals surface area contributed by atoms with Crippen LogP contribution in [0.25, 0.3) is 0 Å². The molecule has 0 bridgehead atoms. The van der Waals surface area contributed by atoms with E-state index < -0.39 is 5.91 Å². The number of anilines is 1. The van der Waals surface area contributed by atoms with Crippen molar-refractivity contribution in [2.24, 2.45) is 5.73 Å². The Morgan fingerprint density at radius 3 is 2.96 bits per heavy atom. The minimum Gasteiger partial charge on any atom is -0.365 e. The Morgan fingerprint density at radius 2 is 2.22 bits per heavy atom. The molecule has 0 saturated heterocycles. The highest BCUT2D eigenvalue weighted by atomic mass is 32.2. The van der Waals surface area contributed by atoms with Crippen LogP contribution < -0.4 is 11.1 Å². The van der Waals surface area contributed by atoms with Crippen molar-refractivity contribution in [2.75, 3.05) is 5.32 Å². The van der Waals surface area contributed by atoms with E-state index in [1.54, 1.807) is 6.33 Å². The number of fused-ring (bicyclic) bond motifs is 1. The van der Waals surface area contributed by atoms with Crippen LogP contribution in [0.15, 0.2) is 11.5 Å². The number of aromatic nitrogens is 3. The average Bonchev–Trinajstić information content (AvgIpc) is 3.31. The molecular formula is C18H25N5O2S2. The summed E-state index contributed by atoms with van der Waals surface area (Å²) in [5.74, 6) is -0.633. The normalized spacial score (nSPS) is 14.1. The second-order valence-corrected chi connectivity index (χ2v) is 9.10. The lowest BCUT2D eigenvalue weighted by Crippen LogP contribution is -2.24. The third-order valence-electron chi connectivity index (χ3n) is 4.64. The Balaban J connectivity index is 1.66. The number of carbonyl (C=O) groups excluding carboxylic acids is 2. The lowest BCUT2D eigenvalue weighted by molar-refractivity contribution is -0.115. The summed E-state index contributed by atoms with van der Waals surface area (Å²) >= 11 is 2.85. The van der Waals surface area contributed by atoms with Crippen LogP contribution in [-0.2, 0) is 24.2 Å². The number of primary amides is 1. The van der Waals surface area contributed by atoms with E-state index in [2.05, 4.69) is 22.4 Å². The standard InChI is InChI=1S/C18H25N5O2S2/c1-3-4-5-9-23-10-20-22-18(23)26-11(2)16(25)21-17-14(15(19)24)12-7-6-8-13(12)27-17/h10-11H,3-9H2,1-2H3,(H2,19,24)(H,21,25)/t11-/m0/s1. The minimum absolute atomic E-state index is 0.162. The average molecular weight is 408 g/mol. The number of nitrogens with one attached hydrogen (secondary N) is 1. The lowest BCUT2D eigenvalue weighted by atomic mass is 10.1. The summed E-state index contributed by atoms with van der Waals surface area (Å²) in [7, 11) is 0. The molecule has 2 aromatic heterocycles. The Kier molecular flexibility index (Phi) is 6.54. The van der Waals surface area contributed by atoms with Gasteiger partial charge in [0.25, 0.3) is 5.91 Å². The van der Waals surface area contributed by atoms with Crippen molar-refractivity contribution in [1.29, 1.82) is 0 Å². The smallest absolute Gasteiger partial charge is 0.251 e. The number of nitrogens with two attached hydrogens (primary N) is 1. The van der Waals surface area contributed by atoms with Crippen molar-refractivity contribution >= 4 is 39.9 Å². The Bertz CT molecular complexity index is 830. The summed E-state index contributed by atoms with van der Waals surface area (Å²) in [6.45, 7) is 4.84. The molecule has 0 unspecified atom stereocenters. The molecule has 1 aliphatic carbocycles. The second-order valence-electron chi connectivity index (χ2n) is 6.69. The van der Waals surface area contributed by atoms with Gasteiger partial charge in [-0.05, 0) is 38.2 Å². The molecule has 3 N–H and O–H groups in total. The van der Waals surface area contributed by atoms with Crippen LogP contribution >= 0.6 is 23.1 Å². The van der Waals surface area contributed by atoms with Crippen LogP contribution in [0.2, 0.25) is 0 Å². The number of aryl methyl sites for hydroxylation is 2. The molecule has 27 heavy (non-hydrogen) atoms. The van der Waals surface area contributed by atoms with Gasteiger partial charge in [-0.15, -0.1) is 21.5 Å². The largest absolute Gasteiger partial charge is 0.365 e. The predicted octanol–water partition coefficient (Wildman–Crippen LogP) is 3.24. The quantitative estimate of drug-likeness (QED) is 0.491. The minimum atomic E-state index is -0.472. The van der Waals surface area contributed by atoms with E-state index >= 15 is 0 Å². The molecule has 0 aliphatic heterocycles. The maximum Gasteiger partial charge on any atom is 0.251 e. The summed E-state index contributed by atoms with van der Waals surface area (Å²) in [5.41, 5.74) is 7.06. The first kappa shape index (κ1) is 19.9. The van der Waals surface area contributed by atoms with Crippen molar-refractivity contribution in [3.05, 3.63) is 22.3 Å². The first-order valence-corrected chi connectivity index (χ1v) is 11.0. The number of rotatable bonds is 9. The van der Waals surface area contributed by atoms with Crippen molar-refractivity contribution in [2.45, 2.75) is 69.3 Å². The van der Waals surface area contributed by atoms with Gasteiger partial charge in [0.2, 0.25) is 5.91 Å². The number of carbonyl (C=O) groups is 2. The van der Waals surface area contributed by atoms with Crippen molar-refractivity contribution in [3.63, 3.8) is 0 Å². The second kappa shape index (κ2) is 8.88. The zero-order valence-electron chi connectivity index (χ0n) is 15.7. The number of hydrogen-bond acceptors (Lipinski definition) is 6. The van der Waals surface area contributed by atoms with E-state index in [4.69, 9.17) is 5.73 Å². The molecule has 2 amide bonds. The fraction of sp³-hybridized carbons (Fsp3) is 0.556. The van der Waals surface area contributed by atoms with Gasteiger partial charge in [-0.3, -0.25) is 9.59 Å². The van der Waals surface area contributed by atoms with Gasteiger partial charge in [0.15, 0.2) is 5.16 Å². The topological polar surface area (TPSA) is 103 Å². The van der Waals surface area contributed by atoms with Crippen LogP contribution in [0, 0.1) is 0 Å². The molecule has 9 heteroatoms. The molecule has 7 nitrogen and oxygen atoms in total. The number of nitrogens with zero attached hydrogens (tertiary/aromatic N) is 3. The van der Waals surface area contributed by atoms with E-state index in [1.165, 1.54) is 23.1 Å². The van der Waals surface area contributed by atoms with E-state index in [0.717, 1.165) is 60.7 Å². The van der Waals surface area contributed by atoms with Crippen molar-refractivity contribution in [1.82, 2.24) is 14.8 Å². The van der Waals surface area contributed by atoms with Crippen LogP contribution in [0.5, 0.6) is 0 Å². The van der Waals surface area contributed by atoms with Crippen molar-refractivity contribution < 1.29 is 9.59 Å². The van der Waals surface area contributed by atoms with Crippen molar-refractivity contribution in [3.8, 4) is 0 Å². The number of unbranched alkanes of at least 4 members (excludes halogenated alkanes) is 2. The number of hydrogen-bond donors (Lipinski definition) is 2. The van der Waals surface area contributed by atoms with E-state index in [-0.39, 0.29) is 11.2 Å². The van der Waals surface area contributed by atoms with Crippen LogP contribution in [0.4, 0.5) is 5.00 Å². The zero-order valence-corrected chi connectivity index (χ0v) is 17.3. The predicted molar refractivity (Wildman–Crippen MR) is 108 cm³/mol. The summed E-state index contributed by atoms with van der Waals surface area (Å²) < 4.78 is 1.98. The Morgan fingerprint density at radius 1 is 1.41 bits per heavy atom. The SMILES string of the molecule is CCCCCn1cnnc1S[C@@H](C)C(=O)Nc1sc2c(c1C(N)=O)CCC2. The number of amides is 2. The molecule has 0 radical (unpaired) electrons. The molecule has 0 fully saturated rings. The maximum atomic E-state index is 12.7. The summed E-state index contributed by atoms with van der Waals surface area (Å²) in [6, 6.07) is 0. The molecule has 1 atom stereocenters. The number of thioether (sulfide) groups is 1. The van der Waals surface area contributed by atoms with Gasteiger partial charge in [0.05, 0.1) is 10.8 Å². The molecule has 2 heterocycles. The molecule has 3 rings (SSSR count). The lowest BCUT2D eigenvalue weighted by Gasteiger charge is -2.12. The molecule has 0 saturated carbocycles. The molecule has 0 aromatic carbocycles. The molecule has 0 spiro atoms. The Labute approximate surface area is 167 Å². The first-order chi connectivity index (χ1) is 13.0. The van der Waals surface area contributed by atoms with E-state index in [1.807, 2.05) is 11.5 Å². The number of thiophene rings is 1. The van der Waals surface area contributed by atoms with Gasteiger partial charge in [0, 0.05) is 11.4 Å². The molecule has 1 aliphatic rings. The van der Waals surface area contributed by atoms with E-state index in [0.29, 0.717) is 10.6 Å². The van der Waals surface area contributed by atoms with Gasteiger partial charge in [0.1, 0.15) is 11.3 Å². The summed E-state index contributed by atoms with van der Waals surface area (Å²) in [4.78, 5) is 25.7. The van der Waals surface area contributed by atoms with Gasteiger partial charge < -0.3 is 15.6 Å². The third-order valence-corrected chi connectivity index (χ3v) is 6.94. The van der Waals surface area contributed by atoms with Gasteiger partial charge in [-0.2, -0.15) is 0 Å². The van der Waals surface area contributed by atoms with Gasteiger partial charge in [-0.25, -0.2) is 0 Å². The van der Waals surface area contributed by atoms with Gasteiger partial charge >= 0.3 is 0 Å². The van der Waals surface area contributed by atoms with Crippen LogP contribution in [0.3, 0.4) is 0 Å². The van der Waals surface area contributed by atoms with E-state index in [9.17, 15) is 9.59 Å². The Hall–Kier alpha value is -1.87. The van der Waals surface area contributed by atoms with Gasteiger partial charge in [-0.1, -0.05) is 31.5 Å². The fourth-order valence-electron chi connectivity index (χ4n) is 3.20.